The average molecular weight is 576 g/mol. The highest BCUT2D eigenvalue weighted by molar-refractivity contribution is 6.32. The molecule has 1 aromatic heterocycles. The van der Waals surface area contributed by atoms with Crippen molar-refractivity contribution < 1.29 is 37.0 Å². The Morgan fingerprint density at radius 3 is 2.42 bits per heavy atom. The number of carboxylic acids is 1. The summed E-state index contributed by atoms with van der Waals surface area (Å²) in [7, 11) is 3.79. The second kappa shape index (κ2) is 13.1. The smallest absolute Gasteiger partial charge is 0.475 e. The highest BCUT2D eigenvalue weighted by atomic mass is 35.5. The van der Waals surface area contributed by atoms with Crippen LogP contribution in [0.3, 0.4) is 0 Å². The number of carbonyl (C=O) groups excluding carboxylic acids is 1. The molecule has 0 saturated heterocycles. The van der Waals surface area contributed by atoms with Crippen molar-refractivity contribution in [3.63, 3.8) is 0 Å². The number of amides is 1. The van der Waals surface area contributed by atoms with E-state index in [4.69, 9.17) is 37.8 Å². The molecule has 9 nitrogen and oxygen atoms in total. The Kier molecular flexibility index (Phi) is 10.5. The molecule has 2 aromatic carbocycles. The number of nitrogens with zero attached hydrogens (tertiary/aromatic N) is 3. The summed E-state index contributed by atoms with van der Waals surface area (Å²) in [5, 5.41) is 19.1. The van der Waals surface area contributed by atoms with Crippen LogP contribution < -0.4 is 10.1 Å². The van der Waals surface area contributed by atoms with Crippen LogP contribution in [-0.2, 0) is 17.9 Å². The number of carbonyl (C=O) groups is 2. The lowest BCUT2D eigenvalue weighted by atomic mass is 10.1. The molecule has 0 saturated carbocycles. The van der Waals surface area contributed by atoms with Crippen LogP contribution in [0.5, 0.6) is 11.5 Å². The van der Waals surface area contributed by atoms with Crippen molar-refractivity contribution in [2.24, 2.45) is 0 Å². The number of carboxylic acid groups (broad SMARTS) is 1. The maximum absolute atomic E-state index is 15.1. The molecular formula is C23H19Cl2F4N5O4. The molecule has 3 N–H and O–H groups in total. The lowest BCUT2D eigenvalue weighted by Crippen LogP contribution is -2.24. The summed E-state index contributed by atoms with van der Waals surface area (Å²) in [5.41, 5.74) is 1.37. The summed E-state index contributed by atoms with van der Waals surface area (Å²) in [6.07, 6.45) is -3.80. The molecule has 3 rings (SSSR count). The van der Waals surface area contributed by atoms with Crippen molar-refractivity contribution in [1.82, 2.24) is 20.2 Å². The monoisotopic (exact) mass is 575 g/mol. The molecule has 0 radical (unpaired) electrons. The fraction of sp³-hybridized carbons (Fsp3) is 0.217. The first kappa shape index (κ1) is 30.4. The second-order valence-corrected chi connectivity index (χ2v) is 8.50. The summed E-state index contributed by atoms with van der Waals surface area (Å²) in [6, 6.07) is 9.93. The molecule has 0 bridgehead atoms. The zero-order chi connectivity index (χ0) is 28.6. The Morgan fingerprint density at radius 2 is 1.89 bits per heavy atom. The Morgan fingerprint density at radius 1 is 1.24 bits per heavy atom. The summed E-state index contributed by atoms with van der Waals surface area (Å²) in [4.78, 5) is 29.4. The van der Waals surface area contributed by atoms with E-state index in [0.29, 0.717) is 12.1 Å². The zero-order valence-electron chi connectivity index (χ0n) is 19.7. The fourth-order valence-corrected chi connectivity index (χ4v) is 3.23. The summed E-state index contributed by atoms with van der Waals surface area (Å²) in [5.74, 6) is -3.96. The van der Waals surface area contributed by atoms with Crippen molar-refractivity contribution in [2.75, 3.05) is 14.1 Å². The first-order chi connectivity index (χ1) is 17.7. The number of aromatic nitrogens is 2. The van der Waals surface area contributed by atoms with Crippen molar-refractivity contribution in [1.29, 1.82) is 5.26 Å². The van der Waals surface area contributed by atoms with Crippen molar-refractivity contribution in [2.45, 2.75) is 19.3 Å². The van der Waals surface area contributed by atoms with Gasteiger partial charge in [-0.1, -0.05) is 29.3 Å². The average Bonchev–Trinajstić information content (AvgIpc) is 3.26. The number of H-pyrrole nitrogens is 1. The van der Waals surface area contributed by atoms with Gasteiger partial charge in [0.05, 0.1) is 23.0 Å². The van der Waals surface area contributed by atoms with Gasteiger partial charge in [0.25, 0.3) is 5.91 Å². The van der Waals surface area contributed by atoms with Gasteiger partial charge in [-0.3, -0.25) is 4.79 Å². The molecule has 1 heterocycles. The maximum Gasteiger partial charge on any atom is 0.490 e. The number of alkyl halides is 3. The number of halogens is 6. The number of nitrogens with one attached hydrogen (secondary N) is 2. The molecule has 0 aliphatic carbocycles. The van der Waals surface area contributed by atoms with Gasteiger partial charge in [-0.15, -0.1) is 0 Å². The SMILES string of the molecule is CN(C)Cc1cc(C#N)cc(Oc2c(Cl)ccc(CNC(=O)c3nc[nH]c3Cl)c2F)c1.O=C(O)C(F)(F)F. The highest BCUT2D eigenvalue weighted by Crippen LogP contribution is 2.35. The van der Waals surface area contributed by atoms with E-state index in [-0.39, 0.29) is 39.5 Å². The van der Waals surface area contributed by atoms with Crippen LogP contribution in [0.25, 0.3) is 0 Å². The molecule has 1 amide bonds. The summed E-state index contributed by atoms with van der Waals surface area (Å²) >= 11 is 12.0. The van der Waals surface area contributed by atoms with Gasteiger partial charge in [0.15, 0.2) is 17.3 Å². The molecule has 0 atom stereocenters. The van der Waals surface area contributed by atoms with Crippen molar-refractivity contribution in [3.05, 3.63) is 75.0 Å². The van der Waals surface area contributed by atoms with Crippen molar-refractivity contribution in [3.8, 4) is 17.6 Å². The van der Waals surface area contributed by atoms with E-state index >= 15 is 4.39 Å². The number of aromatic amines is 1. The molecule has 202 valence electrons. The number of hydrogen-bond donors (Lipinski definition) is 3. The van der Waals surface area contributed by atoms with E-state index in [1.807, 2.05) is 19.0 Å². The van der Waals surface area contributed by atoms with Gasteiger partial charge in [-0.05, 0) is 43.9 Å². The van der Waals surface area contributed by atoms with E-state index < -0.39 is 23.9 Å². The minimum atomic E-state index is -5.08. The second-order valence-electron chi connectivity index (χ2n) is 7.72. The molecule has 0 fully saturated rings. The molecule has 38 heavy (non-hydrogen) atoms. The first-order valence-electron chi connectivity index (χ1n) is 10.3. The van der Waals surface area contributed by atoms with Gasteiger partial charge < -0.3 is 25.0 Å². The zero-order valence-corrected chi connectivity index (χ0v) is 21.2. The number of aliphatic carboxylic acids is 1. The van der Waals surface area contributed by atoms with E-state index in [9.17, 15) is 23.2 Å². The molecule has 0 spiro atoms. The molecule has 3 aromatic rings. The Hall–Kier alpha value is -3.86. The van der Waals surface area contributed by atoms with Gasteiger partial charge >= 0.3 is 12.1 Å². The van der Waals surface area contributed by atoms with Crippen LogP contribution in [-0.4, -0.2) is 52.1 Å². The third-order valence-electron chi connectivity index (χ3n) is 4.43. The van der Waals surface area contributed by atoms with Crippen LogP contribution in [0.2, 0.25) is 10.2 Å². The summed E-state index contributed by atoms with van der Waals surface area (Å²) < 4.78 is 52.6. The number of benzene rings is 2. The lowest BCUT2D eigenvalue weighted by molar-refractivity contribution is -0.192. The predicted molar refractivity (Wildman–Crippen MR) is 128 cm³/mol. The van der Waals surface area contributed by atoms with Crippen LogP contribution >= 0.6 is 23.2 Å². The number of hydrogen-bond acceptors (Lipinski definition) is 6. The molecule has 0 unspecified atom stereocenters. The third-order valence-corrected chi connectivity index (χ3v) is 5.02. The molecule has 0 aliphatic heterocycles. The van der Waals surface area contributed by atoms with Gasteiger partial charge in [0.1, 0.15) is 10.9 Å². The van der Waals surface area contributed by atoms with Crippen molar-refractivity contribution >= 4 is 35.1 Å². The maximum atomic E-state index is 15.1. The molecule has 0 aliphatic rings. The lowest BCUT2D eigenvalue weighted by Gasteiger charge is -2.15. The predicted octanol–water partition coefficient (Wildman–Crippen LogP) is 5.14. The van der Waals surface area contributed by atoms with Gasteiger partial charge in [0, 0.05) is 18.7 Å². The largest absolute Gasteiger partial charge is 0.490 e. The third kappa shape index (κ3) is 8.62. The van der Waals surface area contributed by atoms with Gasteiger partial charge in [0.2, 0.25) is 0 Å². The Bertz CT molecular complexity index is 1360. The van der Waals surface area contributed by atoms with Gasteiger partial charge in [-0.25, -0.2) is 14.2 Å². The normalized spacial score (nSPS) is 10.8. The number of nitriles is 1. The fourth-order valence-electron chi connectivity index (χ4n) is 2.86. The molecular weight excluding hydrogens is 557 g/mol. The van der Waals surface area contributed by atoms with Crippen LogP contribution in [0.4, 0.5) is 17.6 Å². The van der Waals surface area contributed by atoms with Gasteiger partial charge in [-0.2, -0.15) is 18.4 Å². The first-order valence-corrected chi connectivity index (χ1v) is 11.1. The quantitative estimate of drug-likeness (QED) is 0.332. The van der Waals surface area contributed by atoms with Crippen LogP contribution in [0.1, 0.15) is 27.2 Å². The topological polar surface area (TPSA) is 131 Å². The standard InChI is InChI=1S/C21H18Cl2FN5O2.C2HF3O2/c1-29(2)10-13-5-12(8-25)6-15(7-13)31-19-16(22)4-3-14(17(19)24)9-26-21(30)18-20(23)28-11-27-18;3-2(4,5)1(6)7/h3-7,11H,9-10H2,1-2H3,(H,26,30)(H,27,28);(H,6,7). The highest BCUT2D eigenvalue weighted by Gasteiger charge is 2.38. The summed E-state index contributed by atoms with van der Waals surface area (Å²) in [6.45, 7) is 0.440. The Labute approximate surface area is 223 Å². The van der Waals surface area contributed by atoms with E-state index in [1.54, 1.807) is 12.1 Å². The molecule has 15 heteroatoms. The van der Waals surface area contributed by atoms with Crippen LogP contribution in [0.15, 0.2) is 36.7 Å². The van der Waals surface area contributed by atoms with E-state index in [0.717, 1.165) is 5.56 Å². The Balaban J connectivity index is 0.000000638. The van der Waals surface area contributed by atoms with E-state index in [1.165, 1.54) is 24.5 Å². The number of ether oxygens (including phenoxy) is 1. The van der Waals surface area contributed by atoms with Crippen LogP contribution in [0, 0.1) is 17.1 Å². The number of imidazole rings is 1. The number of rotatable bonds is 7. The minimum absolute atomic E-state index is 0.00857. The minimum Gasteiger partial charge on any atom is -0.475 e. The van der Waals surface area contributed by atoms with E-state index in [2.05, 4.69) is 21.4 Å².